The third kappa shape index (κ3) is 4.30. The number of benzene rings is 1. The molecule has 25 heavy (non-hydrogen) atoms. The highest BCUT2D eigenvalue weighted by Crippen LogP contribution is 2.26. The molecule has 1 aromatic heterocycles. The maximum atomic E-state index is 12.8. The van der Waals surface area contributed by atoms with Gasteiger partial charge in [0.15, 0.2) is 0 Å². The molecule has 2 aromatic rings. The largest absolute Gasteiger partial charge is 0.389 e. The summed E-state index contributed by atoms with van der Waals surface area (Å²) >= 11 is 0. The smallest absolute Gasteiger partial charge is 0.255 e. The molecular formula is C20H28N2O3. The first-order valence-electron chi connectivity index (χ1n) is 8.52. The standard InChI is InChI=1S/C20H28N2O3/c1-14-11-19(20(24)21(4)12-18(23)13-25-5)16(3)22(14)15(2)17-9-7-6-8-10-17/h6-11,15,18,23H,12-13H2,1-5H3. The summed E-state index contributed by atoms with van der Waals surface area (Å²) in [7, 11) is 3.23. The molecule has 0 fully saturated rings. The van der Waals surface area contributed by atoms with Gasteiger partial charge >= 0.3 is 0 Å². The average molecular weight is 344 g/mol. The summed E-state index contributed by atoms with van der Waals surface area (Å²) in [5.41, 5.74) is 3.86. The zero-order valence-electron chi connectivity index (χ0n) is 15.7. The zero-order chi connectivity index (χ0) is 18.6. The number of hydrogen-bond acceptors (Lipinski definition) is 3. The number of aryl methyl sites for hydroxylation is 1. The van der Waals surface area contributed by atoms with Crippen LogP contribution in [0, 0.1) is 13.8 Å². The van der Waals surface area contributed by atoms with Crippen LogP contribution in [0.2, 0.25) is 0 Å². The van der Waals surface area contributed by atoms with Gasteiger partial charge in [-0.05, 0) is 32.4 Å². The van der Waals surface area contributed by atoms with Gasteiger partial charge < -0.3 is 19.3 Å². The Balaban J connectivity index is 2.25. The van der Waals surface area contributed by atoms with Gasteiger partial charge in [0.2, 0.25) is 0 Å². The minimum absolute atomic E-state index is 0.0882. The van der Waals surface area contributed by atoms with Crippen LogP contribution >= 0.6 is 0 Å². The van der Waals surface area contributed by atoms with Gasteiger partial charge in [-0.25, -0.2) is 0 Å². The summed E-state index contributed by atoms with van der Waals surface area (Å²) in [6.45, 7) is 6.57. The van der Waals surface area contributed by atoms with Gasteiger partial charge in [0, 0.05) is 32.1 Å². The highest BCUT2D eigenvalue weighted by Gasteiger charge is 2.23. The fourth-order valence-electron chi connectivity index (χ4n) is 3.32. The number of amides is 1. The number of likely N-dealkylation sites (N-methyl/N-ethyl adjacent to an activating group) is 1. The van der Waals surface area contributed by atoms with Crippen LogP contribution in [-0.2, 0) is 4.74 Å². The van der Waals surface area contributed by atoms with Gasteiger partial charge in [0.1, 0.15) is 0 Å². The van der Waals surface area contributed by atoms with E-state index in [1.807, 2.05) is 38.1 Å². The molecule has 5 nitrogen and oxygen atoms in total. The van der Waals surface area contributed by atoms with E-state index in [2.05, 4.69) is 23.6 Å². The Bertz CT molecular complexity index is 709. The van der Waals surface area contributed by atoms with Crippen molar-refractivity contribution < 1.29 is 14.6 Å². The number of hydrogen-bond donors (Lipinski definition) is 1. The van der Waals surface area contributed by atoms with Crippen molar-refractivity contribution in [1.82, 2.24) is 9.47 Å². The van der Waals surface area contributed by atoms with Crippen LogP contribution in [0.3, 0.4) is 0 Å². The highest BCUT2D eigenvalue weighted by molar-refractivity contribution is 5.95. The van der Waals surface area contributed by atoms with E-state index in [0.29, 0.717) is 5.56 Å². The molecule has 2 atom stereocenters. The SMILES string of the molecule is COCC(O)CN(C)C(=O)c1cc(C)n(C(C)c2ccccc2)c1C. The Morgan fingerprint density at radius 1 is 1.28 bits per heavy atom. The van der Waals surface area contributed by atoms with Gasteiger partial charge in [0.05, 0.1) is 24.3 Å². The second-order valence-electron chi connectivity index (χ2n) is 6.54. The van der Waals surface area contributed by atoms with Crippen LogP contribution in [0.15, 0.2) is 36.4 Å². The van der Waals surface area contributed by atoms with Crippen molar-refractivity contribution in [3.05, 3.63) is 58.9 Å². The maximum absolute atomic E-state index is 12.8. The van der Waals surface area contributed by atoms with Crippen LogP contribution in [0.5, 0.6) is 0 Å². The van der Waals surface area contributed by atoms with Gasteiger partial charge in [-0.3, -0.25) is 4.79 Å². The van der Waals surface area contributed by atoms with E-state index in [9.17, 15) is 9.90 Å². The van der Waals surface area contributed by atoms with E-state index in [1.165, 1.54) is 12.7 Å². The first-order chi connectivity index (χ1) is 11.9. The van der Waals surface area contributed by atoms with E-state index >= 15 is 0 Å². The molecule has 1 N–H and O–H groups in total. The van der Waals surface area contributed by atoms with E-state index in [0.717, 1.165) is 11.4 Å². The number of aliphatic hydroxyl groups excluding tert-OH is 1. The minimum Gasteiger partial charge on any atom is -0.389 e. The van der Waals surface area contributed by atoms with Crippen LogP contribution in [0.1, 0.15) is 40.3 Å². The summed E-state index contributed by atoms with van der Waals surface area (Å²) in [6.07, 6.45) is -0.689. The van der Waals surface area contributed by atoms with Crippen molar-refractivity contribution in [3.8, 4) is 0 Å². The first kappa shape index (κ1) is 19.2. The molecule has 0 radical (unpaired) electrons. The Labute approximate surface area is 149 Å². The van der Waals surface area contributed by atoms with Crippen LogP contribution in [-0.4, -0.2) is 53.9 Å². The molecule has 1 amide bonds. The molecule has 2 unspecified atom stereocenters. The Morgan fingerprint density at radius 3 is 2.52 bits per heavy atom. The molecule has 5 heteroatoms. The topological polar surface area (TPSA) is 54.7 Å². The van der Waals surface area contributed by atoms with Crippen LogP contribution in [0.4, 0.5) is 0 Å². The second kappa shape index (κ2) is 8.32. The van der Waals surface area contributed by atoms with Gasteiger partial charge in [-0.15, -0.1) is 0 Å². The van der Waals surface area contributed by atoms with Gasteiger partial charge in [-0.1, -0.05) is 30.3 Å². The summed E-state index contributed by atoms with van der Waals surface area (Å²) in [6, 6.07) is 12.3. The molecule has 0 saturated carbocycles. The van der Waals surface area contributed by atoms with E-state index < -0.39 is 6.10 Å². The summed E-state index contributed by atoms with van der Waals surface area (Å²) < 4.78 is 7.11. The van der Waals surface area contributed by atoms with Crippen molar-refractivity contribution >= 4 is 5.91 Å². The first-order valence-corrected chi connectivity index (χ1v) is 8.52. The van der Waals surface area contributed by atoms with Crippen molar-refractivity contribution in [1.29, 1.82) is 0 Å². The molecule has 0 aliphatic rings. The van der Waals surface area contributed by atoms with Crippen LogP contribution < -0.4 is 0 Å². The summed E-state index contributed by atoms with van der Waals surface area (Å²) in [5.74, 6) is -0.0882. The fraction of sp³-hybridized carbons (Fsp3) is 0.450. The van der Waals surface area contributed by atoms with Crippen molar-refractivity contribution in [2.24, 2.45) is 0 Å². The van der Waals surface area contributed by atoms with Crippen molar-refractivity contribution in [3.63, 3.8) is 0 Å². The maximum Gasteiger partial charge on any atom is 0.255 e. The monoisotopic (exact) mass is 344 g/mol. The summed E-state index contributed by atoms with van der Waals surface area (Å²) in [4.78, 5) is 14.3. The summed E-state index contributed by atoms with van der Waals surface area (Å²) in [5, 5.41) is 9.86. The number of carbonyl (C=O) groups excluding carboxylic acids is 1. The minimum atomic E-state index is -0.689. The third-order valence-corrected chi connectivity index (χ3v) is 4.57. The zero-order valence-corrected chi connectivity index (χ0v) is 15.7. The number of carbonyl (C=O) groups is 1. The molecule has 0 spiro atoms. The Hall–Kier alpha value is -2.11. The Kier molecular flexibility index (Phi) is 6.39. The van der Waals surface area contributed by atoms with E-state index in [4.69, 9.17) is 4.74 Å². The van der Waals surface area contributed by atoms with Crippen LogP contribution in [0.25, 0.3) is 0 Å². The highest BCUT2D eigenvalue weighted by atomic mass is 16.5. The average Bonchev–Trinajstić information content (AvgIpc) is 2.89. The van der Waals surface area contributed by atoms with Gasteiger partial charge in [-0.2, -0.15) is 0 Å². The lowest BCUT2D eigenvalue weighted by Crippen LogP contribution is -2.36. The Morgan fingerprint density at radius 2 is 1.92 bits per heavy atom. The number of rotatable bonds is 7. The predicted octanol–water partition coefficient (Wildman–Crippen LogP) is 2.79. The molecule has 136 valence electrons. The number of ether oxygens (including phenoxy) is 1. The molecular weight excluding hydrogens is 316 g/mol. The molecule has 1 heterocycles. The van der Waals surface area contributed by atoms with Crippen molar-refractivity contribution in [2.45, 2.75) is 32.9 Å². The van der Waals surface area contributed by atoms with Gasteiger partial charge in [0.25, 0.3) is 5.91 Å². The molecule has 2 rings (SSSR count). The normalized spacial score (nSPS) is 13.5. The second-order valence-corrected chi connectivity index (χ2v) is 6.54. The number of methoxy groups -OCH3 is 1. The molecule has 0 aliphatic heterocycles. The lowest BCUT2D eigenvalue weighted by molar-refractivity contribution is 0.0380. The lowest BCUT2D eigenvalue weighted by Gasteiger charge is -2.22. The van der Waals surface area contributed by atoms with Crippen molar-refractivity contribution in [2.75, 3.05) is 27.3 Å². The number of nitrogens with zero attached hydrogens (tertiary/aromatic N) is 2. The third-order valence-electron chi connectivity index (χ3n) is 4.57. The molecule has 0 aliphatic carbocycles. The van der Waals surface area contributed by atoms with E-state index in [-0.39, 0.29) is 25.1 Å². The predicted molar refractivity (Wildman–Crippen MR) is 99.0 cm³/mol. The lowest BCUT2D eigenvalue weighted by atomic mass is 10.1. The molecule has 0 bridgehead atoms. The number of aromatic nitrogens is 1. The molecule has 0 saturated heterocycles. The fourth-order valence-corrected chi connectivity index (χ4v) is 3.32. The molecule has 1 aromatic carbocycles. The van der Waals surface area contributed by atoms with E-state index in [1.54, 1.807) is 11.9 Å². The quantitative estimate of drug-likeness (QED) is 0.840. The number of aliphatic hydroxyl groups is 1.